The first-order valence-corrected chi connectivity index (χ1v) is 4.51. The molecule has 0 radical (unpaired) electrons. The van der Waals surface area contributed by atoms with Crippen LogP contribution in [0.3, 0.4) is 0 Å². The predicted molar refractivity (Wildman–Crippen MR) is 48.4 cm³/mol. The predicted octanol–water partition coefficient (Wildman–Crippen LogP) is 2.25. The van der Waals surface area contributed by atoms with Crippen LogP contribution in [0.2, 0.25) is 0 Å². The Kier molecular flexibility index (Phi) is 1.69. The van der Waals surface area contributed by atoms with Crippen LogP contribution in [0.4, 0.5) is 0 Å². The molecule has 0 aliphatic carbocycles. The van der Waals surface area contributed by atoms with Gasteiger partial charge >= 0.3 is 0 Å². The van der Waals surface area contributed by atoms with E-state index in [1.54, 1.807) is 16.9 Å². The minimum absolute atomic E-state index is 0.764. The number of hydrogen-bond acceptors (Lipinski definition) is 2. The zero-order valence-electron chi connectivity index (χ0n) is 5.33. The van der Waals surface area contributed by atoms with Gasteiger partial charge in [0, 0.05) is 0 Å². The van der Waals surface area contributed by atoms with Gasteiger partial charge in [-0.2, -0.15) is 5.10 Å². The van der Waals surface area contributed by atoms with Gasteiger partial charge in [0.25, 0.3) is 0 Å². The van der Waals surface area contributed by atoms with E-state index in [0.717, 1.165) is 14.7 Å². The van der Waals surface area contributed by atoms with Crippen molar-refractivity contribution in [3.63, 3.8) is 0 Å². The standard InChI is InChI=1S/C6H3Br2N3/c7-5-3-11-4(1-2-9-11)6(8)10-5/h1-3H. The number of aromatic nitrogens is 3. The highest BCUT2D eigenvalue weighted by Crippen LogP contribution is 2.17. The van der Waals surface area contributed by atoms with E-state index in [4.69, 9.17) is 0 Å². The molecule has 0 spiro atoms. The molecule has 0 atom stereocenters. The van der Waals surface area contributed by atoms with Gasteiger partial charge in [0.05, 0.1) is 17.9 Å². The third kappa shape index (κ3) is 1.18. The molecule has 3 nitrogen and oxygen atoms in total. The summed E-state index contributed by atoms with van der Waals surface area (Å²) in [6.45, 7) is 0. The average Bonchev–Trinajstić information content (AvgIpc) is 2.34. The number of hydrogen-bond donors (Lipinski definition) is 0. The fraction of sp³-hybridized carbons (Fsp3) is 0. The minimum atomic E-state index is 0.764. The summed E-state index contributed by atoms with van der Waals surface area (Å²) in [5, 5.41) is 4.06. The summed E-state index contributed by atoms with van der Waals surface area (Å²) in [4.78, 5) is 4.15. The number of rotatable bonds is 0. The first-order valence-electron chi connectivity index (χ1n) is 2.93. The third-order valence-electron chi connectivity index (χ3n) is 1.32. The van der Waals surface area contributed by atoms with Gasteiger partial charge in [0.1, 0.15) is 9.21 Å². The van der Waals surface area contributed by atoms with Crippen LogP contribution in [0.5, 0.6) is 0 Å². The number of fused-ring (bicyclic) bond motifs is 1. The minimum Gasteiger partial charge on any atom is -0.236 e. The van der Waals surface area contributed by atoms with Gasteiger partial charge in [-0.15, -0.1) is 0 Å². The van der Waals surface area contributed by atoms with Gasteiger partial charge in [0.15, 0.2) is 0 Å². The van der Waals surface area contributed by atoms with Gasteiger partial charge in [-0.05, 0) is 37.9 Å². The normalized spacial score (nSPS) is 10.7. The lowest BCUT2D eigenvalue weighted by molar-refractivity contribution is 0.930. The van der Waals surface area contributed by atoms with Crippen LogP contribution in [0.15, 0.2) is 27.7 Å². The van der Waals surface area contributed by atoms with Crippen LogP contribution < -0.4 is 0 Å². The Morgan fingerprint density at radius 2 is 2.18 bits per heavy atom. The lowest BCUT2D eigenvalue weighted by atomic mass is 10.5. The second kappa shape index (κ2) is 2.57. The second-order valence-electron chi connectivity index (χ2n) is 2.02. The Bertz CT molecular complexity index is 396. The largest absolute Gasteiger partial charge is 0.236 e. The second-order valence-corrected chi connectivity index (χ2v) is 3.58. The maximum absolute atomic E-state index is 4.15. The van der Waals surface area contributed by atoms with Gasteiger partial charge in [-0.3, -0.25) is 0 Å². The molecule has 0 aliphatic rings. The molecule has 0 saturated carbocycles. The first kappa shape index (κ1) is 7.24. The summed E-state index contributed by atoms with van der Waals surface area (Å²) < 4.78 is 3.31. The highest BCUT2D eigenvalue weighted by atomic mass is 79.9. The Labute approximate surface area is 79.7 Å². The molecular weight excluding hydrogens is 274 g/mol. The van der Waals surface area contributed by atoms with Gasteiger partial charge in [0.2, 0.25) is 0 Å². The van der Waals surface area contributed by atoms with Crippen LogP contribution in [0.1, 0.15) is 0 Å². The van der Waals surface area contributed by atoms with Crippen molar-refractivity contribution >= 4 is 37.4 Å². The summed E-state index contributed by atoms with van der Waals surface area (Å²) in [6.07, 6.45) is 3.54. The summed E-state index contributed by atoms with van der Waals surface area (Å²) in [5.74, 6) is 0. The Hall–Kier alpha value is -0.420. The van der Waals surface area contributed by atoms with Crippen LogP contribution in [0.25, 0.3) is 5.52 Å². The molecule has 0 fully saturated rings. The van der Waals surface area contributed by atoms with Crippen molar-refractivity contribution in [3.8, 4) is 0 Å². The average molecular weight is 277 g/mol. The monoisotopic (exact) mass is 275 g/mol. The Morgan fingerprint density at radius 3 is 3.00 bits per heavy atom. The van der Waals surface area contributed by atoms with E-state index in [1.165, 1.54) is 0 Å². The maximum atomic E-state index is 4.15. The summed E-state index contributed by atoms with van der Waals surface area (Å²) >= 11 is 6.59. The Morgan fingerprint density at radius 1 is 1.36 bits per heavy atom. The molecule has 2 rings (SSSR count). The third-order valence-corrected chi connectivity index (χ3v) is 2.28. The molecule has 5 heteroatoms. The van der Waals surface area contributed by atoms with Crippen LogP contribution in [-0.2, 0) is 0 Å². The van der Waals surface area contributed by atoms with Crippen molar-refractivity contribution in [3.05, 3.63) is 27.7 Å². The summed E-state index contributed by atoms with van der Waals surface area (Å²) in [5.41, 5.74) is 0.966. The lowest BCUT2D eigenvalue weighted by Gasteiger charge is -1.95. The lowest BCUT2D eigenvalue weighted by Crippen LogP contribution is -1.89. The molecular formula is C6H3Br2N3. The molecule has 2 heterocycles. The van der Waals surface area contributed by atoms with E-state index < -0.39 is 0 Å². The quantitative estimate of drug-likeness (QED) is 0.739. The number of nitrogens with zero attached hydrogens (tertiary/aromatic N) is 3. The fourth-order valence-electron chi connectivity index (χ4n) is 0.861. The van der Waals surface area contributed by atoms with Crippen LogP contribution >= 0.6 is 31.9 Å². The Balaban J connectivity index is 2.91. The highest BCUT2D eigenvalue weighted by molar-refractivity contribution is 9.11. The van der Waals surface area contributed by atoms with Crippen LogP contribution in [0, 0.1) is 0 Å². The number of halogens is 2. The van der Waals surface area contributed by atoms with Gasteiger partial charge in [-0.25, -0.2) is 9.50 Å². The van der Waals surface area contributed by atoms with Crippen molar-refractivity contribution in [1.82, 2.24) is 14.6 Å². The molecule has 11 heavy (non-hydrogen) atoms. The van der Waals surface area contributed by atoms with Crippen molar-refractivity contribution in [2.75, 3.05) is 0 Å². The topological polar surface area (TPSA) is 30.2 Å². The molecule has 0 saturated heterocycles. The smallest absolute Gasteiger partial charge is 0.133 e. The van der Waals surface area contributed by atoms with Crippen LogP contribution in [-0.4, -0.2) is 14.6 Å². The summed E-state index contributed by atoms with van der Waals surface area (Å²) in [6, 6.07) is 1.89. The van der Waals surface area contributed by atoms with Gasteiger partial charge in [-0.1, -0.05) is 0 Å². The molecule has 2 aromatic heterocycles. The molecule has 0 N–H and O–H groups in total. The first-order chi connectivity index (χ1) is 5.27. The highest BCUT2D eigenvalue weighted by Gasteiger charge is 2.00. The van der Waals surface area contributed by atoms with E-state index in [0.29, 0.717) is 0 Å². The molecule has 0 aromatic carbocycles. The van der Waals surface area contributed by atoms with Crippen molar-refractivity contribution in [2.45, 2.75) is 0 Å². The SMILES string of the molecule is Brc1cn2nccc2c(Br)n1. The molecule has 0 bridgehead atoms. The molecule has 2 aromatic rings. The fourth-order valence-corrected chi connectivity index (χ4v) is 1.98. The maximum Gasteiger partial charge on any atom is 0.133 e. The van der Waals surface area contributed by atoms with Crippen molar-refractivity contribution in [1.29, 1.82) is 0 Å². The van der Waals surface area contributed by atoms with Gasteiger partial charge < -0.3 is 0 Å². The van der Waals surface area contributed by atoms with E-state index in [9.17, 15) is 0 Å². The zero-order valence-corrected chi connectivity index (χ0v) is 8.50. The van der Waals surface area contributed by atoms with E-state index in [-0.39, 0.29) is 0 Å². The van der Waals surface area contributed by atoms with E-state index in [2.05, 4.69) is 41.9 Å². The molecule has 56 valence electrons. The zero-order chi connectivity index (χ0) is 7.84. The van der Waals surface area contributed by atoms with Crippen molar-refractivity contribution in [2.24, 2.45) is 0 Å². The van der Waals surface area contributed by atoms with Crippen molar-refractivity contribution < 1.29 is 0 Å². The molecule has 0 amide bonds. The van der Waals surface area contributed by atoms with E-state index >= 15 is 0 Å². The van der Waals surface area contributed by atoms with E-state index in [1.807, 2.05) is 6.07 Å². The summed E-state index contributed by atoms with van der Waals surface area (Å²) in [7, 11) is 0. The molecule has 0 aliphatic heterocycles. The molecule has 0 unspecified atom stereocenters.